The van der Waals surface area contributed by atoms with Gasteiger partial charge in [0.2, 0.25) is 0 Å². The second-order valence-corrected chi connectivity index (χ2v) is 4.98. The van der Waals surface area contributed by atoms with Gasteiger partial charge in [-0.25, -0.2) is 0 Å². The topological polar surface area (TPSA) is 43.4 Å². The highest BCUT2D eigenvalue weighted by Gasteiger charge is 2.26. The summed E-state index contributed by atoms with van der Waals surface area (Å²) in [6, 6.07) is 10.6. The zero-order chi connectivity index (χ0) is 13.8. The summed E-state index contributed by atoms with van der Waals surface area (Å²) in [7, 11) is 0. The SMILES string of the molecule is CCNC(c1ccc2cccnc2c1)C1COCCO1. The zero-order valence-corrected chi connectivity index (χ0v) is 11.7. The van der Waals surface area contributed by atoms with Gasteiger partial charge in [0.15, 0.2) is 0 Å². The van der Waals surface area contributed by atoms with E-state index in [4.69, 9.17) is 9.47 Å². The van der Waals surface area contributed by atoms with E-state index in [0.717, 1.165) is 17.4 Å². The quantitative estimate of drug-likeness (QED) is 0.927. The molecule has 2 atom stereocenters. The Morgan fingerprint density at radius 2 is 2.30 bits per heavy atom. The van der Waals surface area contributed by atoms with Crippen molar-refractivity contribution < 1.29 is 9.47 Å². The Bertz CT molecular complexity index is 567. The molecule has 4 heteroatoms. The summed E-state index contributed by atoms with van der Waals surface area (Å²) in [6.07, 6.45) is 1.89. The summed E-state index contributed by atoms with van der Waals surface area (Å²) in [5.74, 6) is 0. The predicted molar refractivity (Wildman–Crippen MR) is 78.7 cm³/mol. The number of benzene rings is 1. The Labute approximate surface area is 119 Å². The molecule has 1 aliphatic heterocycles. The van der Waals surface area contributed by atoms with Gasteiger partial charge in [0.05, 0.1) is 31.4 Å². The minimum absolute atomic E-state index is 0.0601. The third-order valence-electron chi connectivity index (χ3n) is 3.63. The number of ether oxygens (including phenoxy) is 2. The van der Waals surface area contributed by atoms with E-state index in [1.54, 1.807) is 0 Å². The lowest BCUT2D eigenvalue weighted by molar-refractivity contribution is -0.102. The molecule has 1 N–H and O–H groups in total. The second-order valence-electron chi connectivity index (χ2n) is 4.98. The lowest BCUT2D eigenvalue weighted by Gasteiger charge is -2.31. The molecule has 0 saturated carbocycles. The first-order valence-electron chi connectivity index (χ1n) is 7.16. The number of aromatic nitrogens is 1. The Kier molecular flexibility index (Phi) is 4.25. The number of hydrogen-bond donors (Lipinski definition) is 1. The molecule has 1 saturated heterocycles. The smallest absolute Gasteiger partial charge is 0.100 e. The highest BCUT2D eigenvalue weighted by molar-refractivity contribution is 5.79. The number of likely N-dealkylation sites (N-methyl/N-ethyl adjacent to an activating group) is 1. The first-order chi connectivity index (χ1) is 9.88. The van der Waals surface area contributed by atoms with Crippen molar-refractivity contribution in [3.8, 4) is 0 Å². The van der Waals surface area contributed by atoms with E-state index in [0.29, 0.717) is 19.8 Å². The molecule has 0 aliphatic carbocycles. The monoisotopic (exact) mass is 272 g/mol. The second kappa shape index (κ2) is 6.31. The van der Waals surface area contributed by atoms with Crippen molar-refractivity contribution in [3.63, 3.8) is 0 Å². The number of pyridine rings is 1. The Morgan fingerprint density at radius 3 is 3.10 bits per heavy atom. The molecule has 4 nitrogen and oxygen atoms in total. The first-order valence-corrected chi connectivity index (χ1v) is 7.16. The van der Waals surface area contributed by atoms with E-state index < -0.39 is 0 Å². The van der Waals surface area contributed by atoms with Gasteiger partial charge in [0, 0.05) is 11.6 Å². The minimum Gasteiger partial charge on any atom is -0.376 e. The number of nitrogens with zero attached hydrogens (tertiary/aromatic N) is 1. The van der Waals surface area contributed by atoms with Crippen molar-refractivity contribution >= 4 is 10.9 Å². The van der Waals surface area contributed by atoms with Crippen LogP contribution < -0.4 is 5.32 Å². The minimum atomic E-state index is 0.0601. The van der Waals surface area contributed by atoms with Crippen molar-refractivity contribution in [1.82, 2.24) is 10.3 Å². The predicted octanol–water partition coefficient (Wildman–Crippen LogP) is 2.30. The summed E-state index contributed by atoms with van der Waals surface area (Å²) < 4.78 is 11.4. The van der Waals surface area contributed by atoms with Gasteiger partial charge >= 0.3 is 0 Å². The third-order valence-corrected chi connectivity index (χ3v) is 3.63. The van der Waals surface area contributed by atoms with Crippen LogP contribution in [-0.4, -0.2) is 37.5 Å². The molecule has 1 aliphatic rings. The maximum absolute atomic E-state index is 5.85. The Hall–Kier alpha value is -1.49. The van der Waals surface area contributed by atoms with Crippen molar-refractivity contribution in [2.24, 2.45) is 0 Å². The van der Waals surface area contributed by atoms with Crippen LogP contribution in [0.4, 0.5) is 0 Å². The highest BCUT2D eigenvalue weighted by atomic mass is 16.6. The van der Waals surface area contributed by atoms with E-state index in [-0.39, 0.29) is 12.1 Å². The lowest BCUT2D eigenvalue weighted by atomic mass is 9.99. The maximum atomic E-state index is 5.85. The lowest BCUT2D eigenvalue weighted by Crippen LogP contribution is -2.40. The molecular weight excluding hydrogens is 252 g/mol. The normalized spacial score (nSPS) is 20.9. The largest absolute Gasteiger partial charge is 0.376 e. The van der Waals surface area contributed by atoms with Gasteiger partial charge in [-0.2, -0.15) is 0 Å². The molecule has 1 aromatic carbocycles. The average molecular weight is 272 g/mol. The van der Waals surface area contributed by atoms with Gasteiger partial charge in [-0.3, -0.25) is 4.98 Å². The van der Waals surface area contributed by atoms with E-state index in [2.05, 4.69) is 41.5 Å². The fourth-order valence-corrected chi connectivity index (χ4v) is 2.66. The molecule has 1 fully saturated rings. The summed E-state index contributed by atoms with van der Waals surface area (Å²) in [4.78, 5) is 4.43. The van der Waals surface area contributed by atoms with Crippen molar-refractivity contribution in [1.29, 1.82) is 0 Å². The van der Waals surface area contributed by atoms with Crippen LogP contribution in [0.15, 0.2) is 36.5 Å². The standard InChI is InChI=1S/C16H20N2O2/c1-2-17-16(15-11-19-8-9-20-15)13-6-5-12-4-3-7-18-14(12)10-13/h3-7,10,15-17H,2,8-9,11H2,1H3. The summed E-state index contributed by atoms with van der Waals surface area (Å²) in [5, 5.41) is 4.66. The number of hydrogen-bond acceptors (Lipinski definition) is 4. The maximum Gasteiger partial charge on any atom is 0.100 e. The van der Waals surface area contributed by atoms with Gasteiger partial charge in [-0.1, -0.05) is 25.1 Å². The summed E-state index contributed by atoms with van der Waals surface area (Å²) >= 11 is 0. The molecule has 0 amide bonds. The van der Waals surface area contributed by atoms with Gasteiger partial charge in [-0.15, -0.1) is 0 Å². The van der Waals surface area contributed by atoms with Crippen molar-refractivity contribution in [2.75, 3.05) is 26.4 Å². The molecule has 106 valence electrons. The molecule has 0 bridgehead atoms. The number of rotatable bonds is 4. The molecule has 3 rings (SSSR count). The van der Waals surface area contributed by atoms with Crippen LogP contribution in [0.25, 0.3) is 10.9 Å². The Morgan fingerprint density at radius 1 is 1.35 bits per heavy atom. The van der Waals surface area contributed by atoms with Gasteiger partial charge in [0.1, 0.15) is 6.10 Å². The molecule has 0 spiro atoms. The summed E-state index contributed by atoms with van der Waals surface area (Å²) in [5.41, 5.74) is 2.22. The fraction of sp³-hybridized carbons (Fsp3) is 0.438. The molecule has 20 heavy (non-hydrogen) atoms. The third kappa shape index (κ3) is 2.82. The molecule has 2 unspecified atom stereocenters. The van der Waals surface area contributed by atoms with Crippen LogP contribution in [0.1, 0.15) is 18.5 Å². The Balaban J connectivity index is 1.91. The molecule has 2 aromatic rings. The zero-order valence-electron chi connectivity index (χ0n) is 11.7. The van der Waals surface area contributed by atoms with Crippen LogP contribution >= 0.6 is 0 Å². The molecule has 0 radical (unpaired) electrons. The first kappa shape index (κ1) is 13.5. The fourth-order valence-electron chi connectivity index (χ4n) is 2.66. The van der Waals surface area contributed by atoms with Crippen molar-refractivity contribution in [3.05, 3.63) is 42.1 Å². The van der Waals surface area contributed by atoms with Gasteiger partial charge < -0.3 is 14.8 Å². The highest BCUT2D eigenvalue weighted by Crippen LogP contribution is 2.24. The van der Waals surface area contributed by atoms with Crippen LogP contribution in [0.2, 0.25) is 0 Å². The van der Waals surface area contributed by atoms with Crippen LogP contribution in [0.5, 0.6) is 0 Å². The van der Waals surface area contributed by atoms with E-state index in [9.17, 15) is 0 Å². The van der Waals surface area contributed by atoms with E-state index in [1.807, 2.05) is 12.3 Å². The average Bonchev–Trinajstić information content (AvgIpc) is 2.53. The van der Waals surface area contributed by atoms with Crippen molar-refractivity contribution in [2.45, 2.75) is 19.1 Å². The van der Waals surface area contributed by atoms with Crippen LogP contribution in [0, 0.1) is 0 Å². The van der Waals surface area contributed by atoms with Crippen LogP contribution in [0.3, 0.4) is 0 Å². The van der Waals surface area contributed by atoms with Gasteiger partial charge in [0.25, 0.3) is 0 Å². The van der Waals surface area contributed by atoms with E-state index in [1.165, 1.54) is 5.56 Å². The molecule has 1 aromatic heterocycles. The number of nitrogens with one attached hydrogen (secondary N) is 1. The number of fused-ring (bicyclic) bond motifs is 1. The van der Waals surface area contributed by atoms with E-state index >= 15 is 0 Å². The molecule has 2 heterocycles. The summed E-state index contributed by atoms with van der Waals surface area (Å²) in [6.45, 7) is 4.99. The van der Waals surface area contributed by atoms with Crippen LogP contribution in [-0.2, 0) is 9.47 Å². The van der Waals surface area contributed by atoms with Gasteiger partial charge in [-0.05, 0) is 24.2 Å². The molecular formula is C16H20N2O2.